The van der Waals surface area contributed by atoms with Crippen LogP contribution in [0.4, 0.5) is 11.6 Å². The van der Waals surface area contributed by atoms with Gasteiger partial charge in [0.15, 0.2) is 12.4 Å². The summed E-state index contributed by atoms with van der Waals surface area (Å²) >= 11 is 6.06. The smallest absolute Gasteiger partial charge is 0.278 e. The summed E-state index contributed by atoms with van der Waals surface area (Å²) in [6.07, 6.45) is 1.59. The monoisotopic (exact) mass is 511 g/mol. The van der Waals surface area contributed by atoms with Crippen molar-refractivity contribution in [2.45, 2.75) is 27.1 Å². The Morgan fingerprint density at radius 3 is 2.69 bits per heavy atom. The molecular weight excluding hydrogens is 486 g/mol. The highest BCUT2D eigenvalue weighted by Crippen LogP contribution is 2.28. The van der Waals surface area contributed by atoms with Crippen molar-refractivity contribution in [3.05, 3.63) is 75.6 Å². The van der Waals surface area contributed by atoms with Crippen LogP contribution in [0, 0.1) is 10.1 Å². The van der Waals surface area contributed by atoms with Crippen LogP contribution in [0.5, 0.6) is 5.75 Å². The van der Waals surface area contributed by atoms with E-state index in [-0.39, 0.29) is 28.9 Å². The maximum Gasteiger partial charge on any atom is 0.278 e. The minimum Gasteiger partial charge on any atom is -0.470 e. The van der Waals surface area contributed by atoms with Crippen LogP contribution < -0.4 is 10.1 Å². The number of hydrogen-bond donors (Lipinski definition) is 1. The lowest BCUT2D eigenvalue weighted by atomic mass is 10.3. The number of fused-ring (bicyclic) bond motifs is 1. The van der Waals surface area contributed by atoms with Gasteiger partial charge in [0.2, 0.25) is 5.95 Å². The summed E-state index contributed by atoms with van der Waals surface area (Å²) in [6.45, 7) is 7.59. The number of carbonyl (C=O) groups excluding carboxylic acids is 1. The van der Waals surface area contributed by atoms with Gasteiger partial charge in [-0.15, -0.1) is 0 Å². The van der Waals surface area contributed by atoms with Crippen LogP contribution >= 0.6 is 11.6 Å². The molecule has 1 amide bonds. The third kappa shape index (κ3) is 5.64. The highest BCUT2D eigenvalue weighted by molar-refractivity contribution is 6.32. The number of non-ortho nitro benzene ring substituents is 1. The van der Waals surface area contributed by atoms with Gasteiger partial charge in [-0.2, -0.15) is 5.10 Å². The summed E-state index contributed by atoms with van der Waals surface area (Å²) in [5.41, 5.74) is 1.80. The molecule has 0 bridgehead atoms. The van der Waals surface area contributed by atoms with Crippen molar-refractivity contribution in [2.75, 3.05) is 25.0 Å². The lowest BCUT2D eigenvalue weighted by Gasteiger charge is -2.19. The molecule has 11 nitrogen and oxygen atoms in total. The minimum absolute atomic E-state index is 0.0345. The van der Waals surface area contributed by atoms with Crippen molar-refractivity contribution in [3.8, 4) is 5.75 Å². The van der Waals surface area contributed by atoms with E-state index >= 15 is 0 Å². The quantitative estimate of drug-likeness (QED) is 0.233. The number of rotatable bonds is 11. The number of nitro benzene ring substituents is 1. The number of nitro groups is 1. The molecule has 12 heteroatoms. The number of carbonyl (C=O) groups is 1. The number of nitrogens with one attached hydrogen (secondary N) is 1. The van der Waals surface area contributed by atoms with E-state index in [0.717, 1.165) is 30.7 Å². The molecule has 0 radical (unpaired) electrons. The Labute approximate surface area is 212 Å². The Morgan fingerprint density at radius 1 is 1.19 bits per heavy atom. The first-order valence-electron chi connectivity index (χ1n) is 11.5. The maximum absolute atomic E-state index is 13.0. The number of hydrogen-bond acceptors (Lipinski definition) is 7. The summed E-state index contributed by atoms with van der Waals surface area (Å²) in [4.78, 5) is 30.2. The summed E-state index contributed by atoms with van der Waals surface area (Å²) in [7, 11) is 0. The number of nitrogens with zero attached hydrogens (tertiary/aromatic N) is 6. The number of para-hydroxylation sites is 2. The third-order valence-electron chi connectivity index (χ3n) is 5.77. The van der Waals surface area contributed by atoms with Gasteiger partial charge in [-0.3, -0.25) is 20.2 Å². The predicted octanol–water partition coefficient (Wildman–Crippen LogP) is 4.43. The van der Waals surface area contributed by atoms with E-state index in [1.54, 1.807) is 12.3 Å². The number of ether oxygens (including phenoxy) is 1. The van der Waals surface area contributed by atoms with E-state index in [1.165, 1.54) is 22.9 Å². The van der Waals surface area contributed by atoms with Crippen LogP contribution in [-0.4, -0.2) is 54.7 Å². The fourth-order valence-electron chi connectivity index (χ4n) is 3.75. The summed E-state index contributed by atoms with van der Waals surface area (Å²) < 4.78 is 9.03. The van der Waals surface area contributed by atoms with E-state index in [9.17, 15) is 14.9 Å². The summed E-state index contributed by atoms with van der Waals surface area (Å²) in [6, 6.07) is 13.3. The van der Waals surface area contributed by atoms with E-state index in [0.29, 0.717) is 12.5 Å². The molecule has 1 N–H and O–H groups in total. The first kappa shape index (κ1) is 25.1. The van der Waals surface area contributed by atoms with Gasteiger partial charge >= 0.3 is 0 Å². The molecule has 0 spiro atoms. The Balaban J connectivity index is 1.45. The minimum atomic E-state index is -0.536. The largest absolute Gasteiger partial charge is 0.470 e. The molecule has 0 saturated carbocycles. The molecule has 0 fully saturated rings. The number of aromatic nitrogens is 4. The van der Waals surface area contributed by atoms with Crippen LogP contribution in [0.3, 0.4) is 0 Å². The van der Waals surface area contributed by atoms with Crippen LogP contribution in [0.1, 0.15) is 24.3 Å². The molecular formula is C24H26ClN7O4. The molecule has 4 aromatic rings. The maximum atomic E-state index is 13.0. The standard InChI is InChI=1S/C24H26ClN7O4/c1-3-29(4-2)13-14-31-21-8-6-5-7-19(21)26-24(31)27-23(33)20-11-12-30(28-20)16-36-22-10-9-17(32(34)35)15-18(22)25/h5-12,15H,3-4,13-14,16H2,1-2H3,(H,26,27,33). The second kappa shape index (κ2) is 11.2. The molecule has 36 heavy (non-hydrogen) atoms. The van der Waals surface area contributed by atoms with Crippen molar-refractivity contribution in [3.63, 3.8) is 0 Å². The van der Waals surface area contributed by atoms with Crippen molar-refractivity contribution >= 4 is 40.2 Å². The normalized spacial score (nSPS) is 11.2. The number of imidazole rings is 1. The van der Waals surface area contributed by atoms with Crippen LogP contribution in [-0.2, 0) is 13.3 Å². The zero-order valence-electron chi connectivity index (χ0n) is 19.9. The second-order valence-corrected chi connectivity index (χ2v) is 8.35. The Hall–Kier alpha value is -3.96. The fourth-order valence-corrected chi connectivity index (χ4v) is 3.98. The summed E-state index contributed by atoms with van der Waals surface area (Å²) in [5.74, 6) is 0.323. The number of halogens is 1. The van der Waals surface area contributed by atoms with E-state index < -0.39 is 10.8 Å². The van der Waals surface area contributed by atoms with E-state index in [4.69, 9.17) is 16.3 Å². The van der Waals surface area contributed by atoms with Crippen molar-refractivity contribution in [1.82, 2.24) is 24.2 Å². The Kier molecular flexibility index (Phi) is 7.81. The Morgan fingerprint density at radius 2 is 1.97 bits per heavy atom. The predicted molar refractivity (Wildman–Crippen MR) is 136 cm³/mol. The molecule has 0 aliphatic carbocycles. The van der Waals surface area contributed by atoms with Gasteiger partial charge in [0.05, 0.1) is 21.0 Å². The van der Waals surface area contributed by atoms with Gasteiger partial charge < -0.3 is 14.2 Å². The van der Waals surface area contributed by atoms with Crippen molar-refractivity contribution in [1.29, 1.82) is 0 Å². The number of amides is 1. The summed E-state index contributed by atoms with van der Waals surface area (Å²) in [5, 5.41) is 18.1. The molecule has 0 aliphatic heterocycles. The molecule has 0 atom stereocenters. The zero-order chi connectivity index (χ0) is 25.7. The van der Waals surface area contributed by atoms with Gasteiger partial charge in [0.25, 0.3) is 11.6 Å². The molecule has 2 heterocycles. The first-order valence-corrected chi connectivity index (χ1v) is 11.9. The van der Waals surface area contributed by atoms with Crippen molar-refractivity contribution < 1.29 is 14.5 Å². The second-order valence-electron chi connectivity index (χ2n) is 7.94. The van der Waals surface area contributed by atoms with E-state index in [1.807, 2.05) is 28.8 Å². The topological polar surface area (TPSA) is 120 Å². The lowest BCUT2D eigenvalue weighted by molar-refractivity contribution is -0.384. The van der Waals surface area contributed by atoms with Gasteiger partial charge in [-0.1, -0.05) is 37.6 Å². The average molecular weight is 512 g/mol. The SMILES string of the molecule is CCN(CC)CCn1c(NC(=O)c2ccn(COc3ccc([N+](=O)[O-])cc3Cl)n2)nc2ccccc21. The molecule has 188 valence electrons. The van der Waals surface area contributed by atoms with Gasteiger partial charge in [0.1, 0.15) is 5.75 Å². The average Bonchev–Trinajstić information content (AvgIpc) is 3.48. The van der Waals surface area contributed by atoms with Crippen LogP contribution in [0.15, 0.2) is 54.7 Å². The highest BCUT2D eigenvalue weighted by atomic mass is 35.5. The Bertz CT molecular complexity index is 1380. The van der Waals surface area contributed by atoms with Crippen LogP contribution in [0.2, 0.25) is 5.02 Å². The number of likely N-dealkylation sites (N-methyl/N-ethyl adjacent to an activating group) is 1. The molecule has 2 aromatic carbocycles. The van der Waals surface area contributed by atoms with Gasteiger partial charge in [0, 0.05) is 31.4 Å². The molecule has 0 saturated heterocycles. The number of benzene rings is 2. The lowest BCUT2D eigenvalue weighted by Crippen LogP contribution is -2.27. The zero-order valence-corrected chi connectivity index (χ0v) is 20.7. The van der Waals surface area contributed by atoms with Crippen LogP contribution in [0.25, 0.3) is 11.0 Å². The fraction of sp³-hybridized carbons (Fsp3) is 0.292. The molecule has 4 rings (SSSR count). The molecule has 0 aliphatic rings. The van der Waals surface area contributed by atoms with E-state index in [2.05, 4.69) is 34.1 Å². The van der Waals surface area contributed by atoms with Crippen molar-refractivity contribution in [2.24, 2.45) is 0 Å². The van der Waals surface area contributed by atoms with Gasteiger partial charge in [-0.05, 0) is 37.4 Å². The molecule has 0 unspecified atom stereocenters. The first-order chi connectivity index (χ1) is 17.4. The molecule has 2 aromatic heterocycles. The van der Waals surface area contributed by atoms with Gasteiger partial charge in [-0.25, -0.2) is 9.67 Å². The number of anilines is 1. The third-order valence-corrected chi connectivity index (χ3v) is 6.06. The highest BCUT2D eigenvalue weighted by Gasteiger charge is 2.17.